The van der Waals surface area contributed by atoms with Crippen LogP contribution in [0.1, 0.15) is 10.4 Å². The second-order valence-corrected chi connectivity index (χ2v) is 5.54. The van der Waals surface area contributed by atoms with Crippen molar-refractivity contribution in [3.05, 3.63) is 66.5 Å². The zero-order valence-electron chi connectivity index (χ0n) is 14.0. The number of aromatic nitrogens is 1. The van der Waals surface area contributed by atoms with E-state index in [0.717, 1.165) is 10.8 Å². The van der Waals surface area contributed by atoms with Crippen LogP contribution in [0.25, 0.3) is 10.8 Å². The van der Waals surface area contributed by atoms with Crippen LogP contribution in [0.3, 0.4) is 0 Å². The summed E-state index contributed by atoms with van der Waals surface area (Å²) < 4.78 is 28.7. The molecule has 0 unspecified atom stereocenters. The van der Waals surface area contributed by atoms with Crippen LogP contribution in [-0.4, -0.2) is 30.0 Å². The quantitative estimate of drug-likeness (QED) is 0.697. The van der Waals surface area contributed by atoms with E-state index < -0.39 is 18.4 Å². The molecule has 6 nitrogen and oxygen atoms in total. The maximum absolute atomic E-state index is 12.2. The van der Waals surface area contributed by atoms with Gasteiger partial charge in [-0.15, -0.1) is 0 Å². The molecule has 0 spiro atoms. The lowest BCUT2D eigenvalue weighted by Crippen LogP contribution is -2.32. The molecular weight excluding hydrogens is 356 g/mol. The van der Waals surface area contributed by atoms with Gasteiger partial charge in [0.2, 0.25) is 5.91 Å². The number of halogens is 2. The molecule has 0 fully saturated rings. The van der Waals surface area contributed by atoms with Gasteiger partial charge in [-0.25, -0.2) is 0 Å². The van der Waals surface area contributed by atoms with Crippen LogP contribution >= 0.6 is 0 Å². The van der Waals surface area contributed by atoms with E-state index in [1.165, 1.54) is 24.3 Å². The van der Waals surface area contributed by atoms with Crippen LogP contribution in [-0.2, 0) is 4.79 Å². The molecule has 0 aliphatic heterocycles. The van der Waals surface area contributed by atoms with Crippen molar-refractivity contribution in [1.82, 2.24) is 10.3 Å². The Kier molecular flexibility index (Phi) is 5.55. The molecule has 1 aromatic heterocycles. The van der Waals surface area contributed by atoms with E-state index in [0.29, 0.717) is 5.69 Å². The number of ether oxygens (including phenoxy) is 1. The van der Waals surface area contributed by atoms with Crippen molar-refractivity contribution >= 4 is 28.3 Å². The molecule has 0 saturated heterocycles. The summed E-state index contributed by atoms with van der Waals surface area (Å²) in [5, 5.41) is 6.86. The Hall–Kier alpha value is -3.55. The molecule has 0 bridgehead atoms. The van der Waals surface area contributed by atoms with Crippen molar-refractivity contribution in [2.75, 3.05) is 11.9 Å². The van der Waals surface area contributed by atoms with Crippen molar-refractivity contribution in [3.8, 4) is 5.75 Å². The predicted molar refractivity (Wildman–Crippen MR) is 95.8 cm³/mol. The molecule has 1 heterocycles. The van der Waals surface area contributed by atoms with Gasteiger partial charge < -0.3 is 15.4 Å². The number of amides is 2. The van der Waals surface area contributed by atoms with E-state index >= 15 is 0 Å². The van der Waals surface area contributed by atoms with Gasteiger partial charge in [0.1, 0.15) is 5.75 Å². The molecule has 27 heavy (non-hydrogen) atoms. The molecule has 0 radical (unpaired) electrons. The molecule has 138 valence electrons. The molecule has 0 atom stereocenters. The number of nitrogens with zero attached hydrogens (tertiary/aromatic N) is 1. The molecule has 0 aliphatic carbocycles. The Morgan fingerprint density at radius 1 is 1.11 bits per heavy atom. The summed E-state index contributed by atoms with van der Waals surface area (Å²) in [6.45, 7) is -3.26. The molecule has 0 aliphatic rings. The maximum atomic E-state index is 12.2. The highest BCUT2D eigenvalue weighted by Crippen LogP contribution is 2.22. The maximum Gasteiger partial charge on any atom is 0.387 e. The first-order chi connectivity index (χ1) is 13.0. The Labute approximate surface area is 153 Å². The third-order valence-electron chi connectivity index (χ3n) is 3.69. The molecule has 0 saturated carbocycles. The third-order valence-corrected chi connectivity index (χ3v) is 3.69. The van der Waals surface area contributed by atoms with Crippen LogP contribution in [0.2, 0.25) is 0 Å². The number of benzene rings is 2. The summed E-state index contributed by atoms with van der Waals surface area (Å²) in [5.74, 6) is -1.13. The van der Waals surface area contributed by atoms with E-state index in [4.69, 9.17) is 0 Å². The largest absolute Gasteiger partial charge is 0.435 e. The van der Waals surface area contributed by atoms with Gasteiger partial charge >= 0.3 is 6.61 Å². The zero-order chi connectivity index (χ0) is 19.2. The number of rotatable bonds is 6. The molecule has 2 aromatic carbocycles. The predicted octanol–water partition coefficient (Wildman–Crippen LogP) is 3.20. The van der Waals surface area contributed by atoms with Crippen LogP contribution in [0.15, 0.2) is 60.9 Å². The first-order valence-electron chi connectivity index (χ1n) is 7.98. The second kappa shape index (κ2) is 8.22. The van der Waals surface area contributed by atoms with Crippen molar-refractivity contribution in [2.24, 2.45) is 0 Å². The fourth-order valence-corrected chi connectivity index (χ4v) is 2.50. The first kappa shape index (κ1) is 18.2. The molecule has 2 amide bonds. The number of hydrogen-bond acceptors (Lipinski definition) is 4. The minimum Gasteiger partial charge on any atom is -0.435 e. The van der Waals surface area contributed by atoms with Crippen molar-refractivity contribution in [1.29, 1.82) is 0 Å². The Morgan fingerprint density at radius 2 is 1.93 bits per heavy atom. The highest BCUT2D eigenvalue weighted by molar-refractivity contribution is 6.04. The number of nitrogens with one attached hydrogen (secondary N) is 2. The third kappa shape index (κ3) is 4.75. The Bertz CT molecular complexity index is 974. The number of hydrogen-bond donors (Lipinski definition) is 2. The smallest absolute Gasteiger partial charge is 0.387 e. The van der Waals surface area contributed by atoms with Gasteiger partial charge in [0.05, 0.1) is 6.54 Å². The van der Waals surface area contributed by atoms with E-state index in [1.807, 2.05) is 6.07 Å². The number of fused-ring (bicyclic) bond motifs is 1. The number of alkyl halides is 2. The van der Waals surface area contributed by atoms with Crippen LogP contribution < -0.4 is 15.4 Å². The number of carbonyl (C=O) groups excluding carboxylic acids is 2. The number of carbonyl (C=O) groups is 2. The molecule has 3 aromatic rings. The average molecular weight is 371 g/mol. The fraction of sp³-hybridized carbons (Fsp3) is 0.105. The minimum atomic E-state index is -2.98. The van der Waals surface area contributed by atoms with Gasteiger partial charge in [-0.2, -0.15) is 8.78 Å². The average Bonchev–Trinajstić information content (AvgIpc) is 2.66. The molecular formula is C19H15F2N3O3. The standard InChI is InChI=1S/C19H15F2N3O3/c20-19(21)27-14-5-1-3-12(9-14)18(26)23-11-17(25)24-16-6-2-4-13-10-22-8-7-15(13)16/h1-10,19H,11H2,(H,23,26)(H,24,25). The highest BCUT2D eigenvalue weighted by Gasteiger charge is 2.11. The monoisotopic (exact) mass is 371 g/mol. The molecule has 8 heteroatoms. The fourth-order valence-electron chi connectivity index (χ4n) is 2.50. The van der Waals surface area contributed by atoms with E-state index in [-0.39, 0.29) is 17.9 Å². The summed E-state index contributed by atoms with van der Waals surface area (Å²) >= 11 is 0. The lowest BCUT2D eigenvalue weighted by molar-refractivity contribution is -0.115. The normalized spacial score (nSPS) is 10.6. The summed E-state index contributed by atoms with van der Waals surface area (Å²) in [4.78, 5) is 28.3. The Balaban J connectivity index is 1.61. The summed E-state index contributed by atoms with van der Waals surface area (Å²) in [7, 11) is 0. The van der Waals surface area contributed by atoms with Gasteiger partial charge in [0.25, 0.3) is 5.91 Å². The summed E-state index contributed by atoms with van der Waals surface area (Å²) in [6.07, 6.45) is 3.30. The van der Waals surface area contributed by atoms with Crippen LogP contribution in [0.4, 0.5) is 14.5 Å². The van der Waals surface area contributed by atoms with Gasteiger partial charge in [-0.05, 0) is 30.3 Å². The van der Waals surface area contributed by atoms with Gasteiger partial charge in [0, 0.05) is 34.4 Å². The Morgan fingerprint density at radius 3 is 2.74 bits per heavy atom. The topological polar surface area (TPSA) is 80.3 Å². The lowest BCUT2D eigenvalue weighted by atomic mass is 10.1. The first-order valence-corrected chi connectivity index (χ1v) is 7.98. The number of pyridine rings is 1. The van der Waals surface area contributed by atoms with Gasteiger partial charge in [0.15, 0.2) is 0 Å². The molecule has 2 N–H and O–H groups in total. The van der Waals surface area contributed by atoms with Crippen LogP contribution in [0, 0.1) is 0 Å². The van der Waals surface area contributed by atoms with E-state index in [9.17, 15) is 18.4 Å². The summed E-state index contributed by atoms with van der Waals surface area (Å²) in [6, 6.07) is 12.5. The lowest BCUT2D eigenvalue weighted by Gasteiger charge is -2.10. The van der Waals surface area contributed by atoms with Crippen molar-refractivity contribution in [2.45, 2.75) is 6.61 Å². The van der Waals surface area contributed by atoms with Gasteiger partial charge in [-0.1, -0.05) is 18.2 Å². The summed E-state index contributed by atoms with van der Waals surface area (Å²) in [5.41, 5.74) is 0.707. The minimum absolute atomic E-state index is 0.109. The van der Waals surface area contributed by atoms with E-state index in [2.05, 4.69) is 20.4 Å². The van der Waals surface area contributed by atoms with Gasteiger partial charge in [-0.3, -0.25) is 14.6 Å². The van der Waals surface area contributed by atoms with Crippen molar-refractivity contribution in [3.63, 3.8) is 0 Å². The van der Waals surface area contributed by atoms with E-state index in [1.54, 1.807) is 30.6 Å². The van der Waals surface area contributed by atoms with Crippen LogP contribution in [0.5, 0.6) is 5.75 Å². The number of anilines is 1. The highest BCUT2D eigenvalue weighted by atomic mass is 19.3. The molecule has 3 rings (SSSR count). The zero-order valence-corrected chi connectivity index (χ0v) is 14.0. The van der Waals surface area contributed by atoms with Crippen molar-refractivity contribution < 1.29 is 23.1 Å². The second-order valence-electron chi connectivity index (χ2n) is 5.54. The SMILES string of the molecule is O=C(CNC(=O)c1cccc(OC(F)F)c1)Nc1cccc2cnccc12.